The Morgan fingerprint density at radius 3 is 2.37 bits per heavy atom. The molecule has 0 aliphatic rings. The number of rotatable bonds is 5. The van der Waals surface area contributed by atoms with Crippen LogP contribution in [0.3, 0.4) is 0 Å². The highest BCUT2D eigenvalue weighted by molar-refractivity contribution is 9.10. The molecule has 0 aliphatic heterocycles. The van der Waals surface area contributed by atoms with Crippen LogP contribution in [-0.4, -0.2) is 36.6 Å². The van der Waals surface area contributed by atoms with Crippen molar-refractivity contribution in [2.24, 2.45) is 7.05 Å². The zero-order chi connectivity index (χ0) is 22.3. The summed E-state index contributed by atoms with van der Waals surface area (Å²) in [4.78, 5) is 33.1. The minimum absolute atomic E-state index is 0.0677. The lowest BCUT2D eigenvalue weighted by molar-refractivity contribution is -0.384. The van der Waals surface area contributed by atoms with Crippen molar-refractivity contribution in [2.75, 3.05) is 5.32 Å². The first-order chi connectivity index (χ1) is 14.2. The van der Waals surface area contributed by atoms with Crippen LogP contribution in [0.25, 0.3) is 11.3 Å². The number of hydrogen-bond donors (Lipinski definition) is 3. The first kappa shape index (κ1) is 22.6. The van der Waals surface area contributed by atoms with Gasteiger partial charge >= 0.3 is 11.9 Å². The van der Waals surface area contributed by atoms with Crippen molar-refractivity contribution in [1.29, 1.82) is 0 Å². The third-order valence-corrected chi connectivity index (χ3v) is 4.42. The lowest BCUT2D eigenvalue weighted by Gasteiger charge is -2.08. The predicted octanol–water partition coefficient (Wildman–Crippen LogP) is 3.53. The molecule has 10 nitrogen and oxygen atoms in total. The summed E-state index contributed by atoms with van der Waals surface area (Å²) in [5.41, 5.74) is 2.78. The molecule has 11 heteroatoms. The van der Waals surface area contributed by atoms with Crippen LogP contribution in [0, 0.1) is 10.1 Å². The first-order valence-electron chi connectivity index (χ1n) is 8.40. The molecule has 0 atom stereocenters. The van der Waals surface area contributed by atoms with Crippen molar-refractivity contribution in [3.8, 4) is 11.3 Å². The molecule has 2 aromatic carbocycles. The molecule has 0 fully saturated rings. The average molecular weight is 477 g/mol. The van der Waals surface area contributed by atoms with Gasteiger partial charge in [0.1, 0.15) is 0 Å². The monoisotopic (exact) mass is 476 g/mol. The third kappa shape index (κ3) is 6.14. The third-order valence-electron chi connectivity index (χ3n) is 3.89. The average Bonchev–Trinajstić information content (AvgIpc) is 3.08. The molecular formula is C19H17BrN4O6. The highest BCUT2D eigenvalue weighted by atomic mass is 79.9. The van der Waals surface area contributed by atoms with Crippen molar-refractivity contribution in [3.63, 3.8) is 0 Å². The van der Waals surface area contributed by atoms with Crippen molar-refractivity contribution < 1.29 is 24.7 Å². The van der Waals surface area contributed by atoms with Crippen molar-refractivity contribution in [3.05, 3.63) is 74.9 Å². The van der Waals surface area contributed by atoms with E-state index in [9.17, 15) is 10.1 Å². The summed E-state index contributed by atoms with van der Waals surface area (Å²) in [5, 5.41) is 29.0. The molecule has 0 unspecified atom stereocenters. The van der Waals surface area contributed by atoms with E-state index in [2.05, 4.69) is 26.2 Å². The molecule has 3 N–H and O–H groups in total. The number of carboxylic acids is 2. The minimum atomic E-state index is -1.82. The summed E-state index contributed by atoms with van der Waals surface area (Å²) in [6.45, 7) is 0.645. The van der Waals surface area contributed by atoms with Crippen LogP contribution >= 0.6 is 15.9 Å². The van der Waals surface area contributed by atoms with Gasteiger partial charge in [0.15, 0.2) is 0 Å². The number of nitrogens with zero attached hydrogens (tertiary/aromatic N) is 3. The summed E-state index contributed by atoms with van der Waals surface area (Å²) < 4.78 is 2.92. The largest absolute Gasteiger partial charge is 0.473 e. The lowest BCUT2D eigenvalue weighted by atomic mass is 10.1. The Balaban J connectivity index is 0.000000469. The number of aromatic nitrogens is 2. The van der Waals surface area contributed by atoms with E-state index in [4.69, 9.17) is 19.8 Å². The Labute approximate surface area is 179 Å². The van der Waals surface area contributed by atoms with Crippen LogP contribution in [0.4, 0.5) is 11.6 Å². The Morgan fingerprint density at radius 1 is 1.17 bits per heavy atom. The van der Waals surface area contributed by atoms with E-state index in [0.717, 1.165) is 21.3 Å². The van der Waals surface area contributed by atoms with Crippen molar-refractivity contribution >= 4 is 39.5 Å². The van der Waals surface area contributed by atoms with Gasteiger partial charge < -0.3 is 20.1 Å². The van der Waals surface area contributed by atoms with Crippen molar-refractivity contribution in [2.45, 2.75) is 6.54 Å². The summed E-state index contributed by atoms with van der Waals surface area (Å²) in [6.07, 6.45) is 1.71. The van der Waals surface area contributed by atoms with E-state index in [1.165, 1.54) is 6.07 Å². The van der Waals surface area contributed by atoms with Gasteiger partial charge in [-0.1, -0.05) is 40.2 Å². The Hall–Kier alpha value is -3.73. The normalized spacial score (nSPS) is 9.93. The number of imidazole rings is 1. The molecule has 0 spiro atoms. The first-order valence-corrected chi connectivity index (χ1v) is 9.19. The number of halogens is 1. The summed E-state index contributed by atoms with van der Waals surface area (Å²) >= 11 is 3.41. The summed E-state index contributed by atoms with van der Waals surface area (Å²) in [6, 6.07) is 14.6. The number of nitrogens with one attached hydrogen (secondary N) is 1. The van der Waals surface area contributed by atoms with Crippen molar-refractivity contribution in [1.82, 2.24) is 9.55 Å². The van der Waals surface area contributed by atoms with Gasteiger partial charge in [-0.2, -0.15) is 0 Å². The van der Waals surface area contributed by atoms with Gasteiger partial charge in [-0.3, -0.25) is 10.1 Å². The molecule has 0 aliphatic carbocycles. The van der Waals surface area contributed by atoms with E-state index in [-0.39, 0.29) is 5.69 Å². The predicted molar refractivity (Wildman–Crippen MR) is 112 cm³/mol. The quantitative estimate of drug-likeness (QED) is 0.287. The number of carbonyl (C=O) groups is 2. The second kappa shape index (κ2) is 10.2. The fourth-order valence-electron chi connectivity index (χ4n) is 2.40. The highest BCUT2D eigenvalue weighted by Gasteiger charge is 2.12. The molecule has 1 aromatic heterocycles. The van der Waals surface area contributed by atoms with E-state index in [0.29, 0.717) is 12.5 Å². The van der Waals surface area contributed by atoms with Crippen LogP contribution in [0.15, 0.2) is 59.2 Å². The molecule has 0 saturated heterocycles. The molecule has 0 radical (unpaired) electrons. The molecule has 0 saturated carbocycles. The van der Waals surface area contributed by atoms with Gasteiger partial charge in [0, 0.05) is 35.8 Å². The van der Waals surface area contributed by atoms with Gasteiger partial charge in [-0.25, -0.2) is 14.6 Å². The molecule has 1 heterocycles. The Morgan fingerprint density at radius 2 is 1.80 bits per heavy atom. The maximum atomic E-state index is 10.9. The van der Waals surface area contributed by atoms with Gasteiger partial charge in [0.2, 0.25) is 5.95 Å². The van der Waals surface area contributed by atoms with Gasteiger partial charge in [0.25, 0.3) is 5.69 Å². The molecule has 0 amide bonds. The smallest absolute Gasteiger partial charge is 0.414 e. The Bertz CT molecular complexity index is 1050. The summed E-state index contributed by atoms with van der Waals surface area (Å²) in [5.74, 6) is -2.94. The molecule has 3 rings (SSSR count). The lowest BCUT2D eigenvalue weighted by Crippen LogP contribution is -2.09. The van der Waals surface area contributed by atoms with Gasteiger partial charge in [-0.15, -0.1) is 0 Å². The number of non-ortho nitro benzene ring substituents is 1. The maximum Gasteiger partial charge on any atom is 0.414 e. The Kier molecular flexibility index (Phi) is 7.64. The SMILES string of the molecule is Cn1c(-c2cccc([N+](=O)[O-])c2)cnc1NCc1ccc(Br)cc1.O=C(O)C(=O)O. The second-order valence-corrected chi connectivity index (χ2v) is 6.84. The number of benzene rings is 2. The topological polar surface area (TPSA) is 148 Å². The van der Waals surface area contributed by atoms with Crippen LogP contribution in [0.5, 0.6) is 0 Å². The second-order valence-electron chi connectivity index (χ2n) is 5.92. The van der Waals surface area contributed by atoms with Crippen LogP contribution in [-0.2, 0) is 23.2 Å². The number of nitro benzene ring substituents is 1. The number of nitro groups is 1. The molecule has 3 aromatic rings. The molecule has 0 bridgehead atoms. The van der Waals surface area contributed by atoms with E-state index in [1.54, 1.807) is 18.3 Å². The fraction of sp³-hybridized carbons (Fsp3) is 0.105. The van der Waals surface area contributed by atoms with Crippen LogP contribution in [0.1, 0.15) is 5.56 Å². The maximum absolute atomic E-state index is 10.9. The van der Waals surface area contributed by atoms with E-state index < -0.39 is 16.9 Å². The van der Waals surface area contributed by atoms with Crippen LogP contribution in [0.2, 0.25) is 0 Å². The highest BCUT2D eigenvalue weighted by Crippen LogP contribution is 2.25. The molecule has 30 heavy (non-hydrogen) atoms. The number of aliphatic carboxylic acids is 2. The number of anilines is 1. The zero-order valence-electron chi connectivity index (χ0n) is 15.7. The zero-order valence-corrected chi connectivity index (χ0v) is 17.2. The summed E-state index contributed by atoms with van der Waals surface area (Å²) in [7, 11) is 1.88. The van der Waals surface area contributed by atoms with E-state index >= 15 is 0 Å². The van der Waals surface area contributed by atoms with Gasteiger partial charge in [-0.05, 0) is 17.7 Å². The number of hydrogen-bond acceptors (Lipinski definition) is 6. The standard InChI is InChI=1S/C17H15BrN4O2.C2H2O4/c1-21-16(13-3-2-4-15(9-13)22(23)24)11-20-17(21)19-10-12-5-7-14(18)8-6-12;3-1(4)2(5)6/h2-9,11H,10H2,1H3,(H,19,20);(H,3,4)(H,5,6). The van der Waals surface area contributed by atoms with E-state index in [1.807, 2.05) is 41.9 Å². The fourth-order valence-corrected chi connectivity index (χ4v) is 2.67. The molecular weight excluding hydrogens is 460 g/mol. The molecule has 156 valence electrons. The van der Waals surface area contributed by atoms with Gasteiger partial charge in [0.05, 0.1) is 16.8 Å². The van der Waals surface area contributed by atoms with Crippen LogP contribution < -0.4 is 5.32 Å². The minimum Gasteiger partial charge on any atom is -0.473 e. The number of carboxylic acid groups (broad SMARTS) is 2.